The fraction of sp³-hybridized carbons (Fsp3) is 0.625. The van der Waals surface area contributed by atoms with Crippen LogP contribution in [0.15, 0.2) is 24.3 Å². The summed E-state index contributed by atoms with van der Waals surface area (Å²) < 4.78 is 0. The van der Waals surface area contributed by atoms with E-state index in [1.807, 2.05) is 18.2 Å². The lowest BCUT2D eigenvalue weighted by Gasteiger charge is -2.36. The molecular formula is C16H25NO. The van der Waals surface area contributed by atoms with Gasteiger partial charge < -0.3 is 10.8 Å². The molecule has 0 aromatic heterocycles. The minimum Gasteiger partial charge on any atom is -0.508 e. The maximum absolute atomic E-state index is 9.46. The standard InChI is InChI=1S/C16H25NO/c1-16(2)8-6-13(7-9-16)15(17)11-12-4-3-5-14(18)10-12/h3-5,10,13,15,18H,6-9,11,17H2,1-2H3. The number of benzene rings is 1. The molecular weight excluding hydrogens is 222 g/mol. The normalized spacial score (nSPS) is 21.7. The van der Waals surface area contributed by atoms with Crippen LogP contribution in [0.25, 0.3) is 0 Å². The highest BCUT2D eigenvalue weighted by atomic mass is 16.3. The predicted octanol–water partition coefficient (Wildman–Crippen LogP) is 3.48. The largest absolute Gasteiger partial charge is 0.508 e. The van der Waals surface area contributed by atoms with Crippen molar-refractivity contribution in [2.24, 2.45) is 17.1 Å². The third-order valence-electron chi connectivity index (χ3n) is 4.37. The van der Waals surface area contributed by atoms with E-state index in [4.69, 9.17) is 5.73 Å². The van der Waals surface area contributed by atoms with E-state index in [2.05, 4.69) is 13.8 Å². The molecule has 1 saturated carbocycles. The van der Waals surface area contributed by atoms with E-state index in [-0.39, 0.29) is 6.04 Å². The van der Waals surface area contributed by atoms with Crippen LogP contribution in [0.2, 0.25) is 0 Å². The molecule has 0 saturated heterocycles. The molecule has 18 heavy (non-hydrogen) atoms. The average Bonchev–Trinajstić information content (AvgIpc) is 2.28. The topological polar surface area (TPSA) is 46.2 Å². The Morgan fingerprint density at radius 2 is 2.00 bits per heavy atom. The first-order chi connectivity index (χ1) is 8.46. The molecule has 1 atom stereocenters. The quantitative estimate of drug-likeness (QED) is 0.859. The molecule has 0 amide bonds. The zero-order valence-corrected chi connectivity index (χ0v) is 11.5. The minimum absolute atomic E-state index is 0.225. The van der Waals surface area contributed by atoms with Crippen molar-refractivity contribution < 1.29 is 5.11 Å². The Kier molecular flexibility index (Phi) is 3.96. The van der Waals surface area contributed by atoms with Gasteiger partial charge in [0.2, 0.25) is 0 Å². The summed E-state index contributed by atoms with van der Waals surface area (Å²) in [6, 6.07) is 7.70. The summed E-state index contributed by atoms with van der Waals surface area (Å²) in [6.07, 6.45) is 5.93. The van der Waals surface area contributed by atoms with Gasteiger partial charge in [-0.15, -0.1) is 0 Å². The Bertz CT molecular complexity index is 390. The molecule has 0 bridgehead atoms. The van der Waals surface area contributed by atoms with Gasteiger partial charge >= 0.3 is 0 Å². The Morgan fingerprint density at radius 3 is 2.61 bits per heavy atom. The molecule has 1 aliphatic carbocycles. The number of hydrogen-bond acceptors (Lipinski definition) is 2. The van der Waals surface area contributed by atoms with Crippen LogP contribution in [0.1, 0.15) is 45.1 Å². The molecule has 1 unspecified atom stereocenters. The number of phenols is 1. The first-order valence-corrected chi connectivity index (χ1v) is 7.00. The van der Waals surface area contributed by atoms with Crippen LogP contribution in [0.4, 0.5) is 0 Å². The molecule has 0 spiro atoms. The lowest BCUT2D eigenvalue weighted by molar-refractivity contribution is 0.173. The summed E-state index contributed by atoms with van der Waals surface area (Å²) in [5, 5.41) is 9.46. The van der Waals surface area contributed by atoms with Crippen molar-refractivity contribution in [2.45, 2.75) is 52.0 Å². The molecule has 2 heteroatoms. The summed E-state index contributed by atoms with van der Waals surface area (Å²) >= 11 is 0. The molecule has 1 fully saturated rings. The third kappa shape index (κ3) is 3.49. The lowest BCUT2D eigenvalue weighted by atomic mass is 9.70. The number of phenolic OH excluding ortho intramolecular Hbond substituents is 1. The van der Waals surface area contributed by atoms with Crippen molar-refractivity contribution in [3.05, 3.63) is 29.8 Å². The van der Waals surface area contributed by atoms with Crippen molar-refractivity contribution in [3.63, 3.8) is 0 Å². The summed E-state index contributed by atoms with van der Waals surface area (Å²) in [7, 11) is 0. The van der Waals surface area contributed by atoms with Gasteiger partial charge in [0, 0.05) is 6.04 Å². The van der Waals surface area contributed by atoms with E-state index in [1.165, 1.54) is 25.7 Å². The Morgan fingerprint density at radius 1 is 1.33 bits per heavy atom. The third-order valence-corrected chi connectivity index (χ3v) is 4.37. The second-order valence-corrected chi connectivity index (χ2v) is 6.54. The van der Waals surface area contributed by atoms with E-state index in [0.717, 1.165) is 12.0 Å². The van der Waals surface area contributed by atoms with Crippen LogP contribution >= 0.6 is 0 Å². The SMILES string of the molecule is CC1(C)CCC(C(N)Cc2cccc(O)c2)CC1. The van der Waals surface area contributed by atoms with E-state index in [1.54, 1.807) is 6.07 Å². The Balaban J connectivity index is 1.91. The van der Waals surface area contributed by atoms with Gasteiger partial charge in [-0.2, -0.15) is 0 Å². The van der Waals surface area contributed by atoms with Gasteiger partial charge in [0.05, 0.1) is 0 Å². The van der Waals surface area contributed by atoms with Crippen LogP contribution < -0.4 is 5.73 Å². The molecule has 1 aliphatic rings. The number of rotatable bonds is 3. The highest BCUT2D eigenvalue weighted by Gasteiger charge is 2.29. The molecule has 2 nitrogen and oxygen atoms in total. The van der Waals surface area contributed by atoms with E-state index in [9.17, 15) is 5.11 Å². The second-order valence-electron chi connectivity index (χ2n) is 6.54. The smallest absolute Gasteiger partial charge is 0.115 e. The summed E-state index contributed by atoms with van der Waals surface area (Å²) in [5.74, 6) is 0.977. The zero-order valence-electron chi connectivity index (χ0n) is 11.5. The van der Waals surface area contributed by atoms with Crippen molar-refractivity contribution in [1.29, 1.82) is 0 Å². The summed E-state index contributed by atoms with van der Waals surface area (Å²) in [5.41, 5.74) is 7.98. The fourth-order valence-corrected chi connectivity index (χ4v) is 2.97. The van der Waals surface area contributed by atoms with Gasteiger partial charge in [-0.3, -0.25) is 0 Å². The summed E-state index contributed by atoms with van der Waals surface area (Å²) in [4.78, 5) is 0. The highest BCUT2D eigenvalue weighted by Crippen LogP contribution is 2.39. The number of nitrogens with two attached hydrogens (primary N) is 1. The van der Waals surface area contributed by atoms with Crippen LogP contribution in [0.3, 0.4) is 0 Å². The molecule has 100 valence electrons. The van der Waals surface area contributed by atoms with Crippen molar-refractivity contribution in [3.8, 4) is 5.75 Å². The molecule has 1 aromatic rings. The van der Waals surface area contributed by atoms with Crippen LogP contribution in [0.5, 0.6) is 5.75 Å². The van der Waals surface area contributed by atoms with Gasteiger partial charge in [-0.1, -0.05) is 26.0 Å². The first-order valence-electron chi connectivity index (χ1n) is 7.00. The Hall–Kier alpha value is -1.02. The molecule has 2 rings (SSSR count). The van der Waals surface area contributed by atoms with Crippen molar-refractivity contribution >= 4 is 0 Å². The Labute approximate surface area is 110 Å². The van der Waals surface area contributed by atoms with Crippen LogP contribution in [-0.4, -0.2) is 11.1 Å². The zero-order chi connectivity index (χ0) is 13.2. The van der Waals surface area contributed by atoms with Crippen molar-refractivity contribution in [1.82, 2.24) is 0 Å². The molecule has 1 aromatic carbocycles. The van der Waals surface area contributed by atoms with Gasteiger partial charge in [-0.25, -0.2) is 0 Å². The van der Waals surface area contributed by atoms with Crippen molar-refractivity contribution in [2.75, 3.05) is 0 Å². The molecule has 0 radical (unpaired) electrons. The van der Waals surface area contributed by atoms with Gasteiger partial charge in [0.1, 0.15) is 5.75 Å². The molecule has 0 aliphatic heterocycles. The highest BCUT2D eigenvalue weighted by molar-refractivity contribution is 5.27. The van der Waals surface area contributed by atoms with E-state index in [0.29, 0.717) is 17.1 Å². The monoisotopic (exact) mass is 247 g/mol. The van der Waals surface area contributed by atoms with Gasteiger partial charge in [0.15, 0.2) is 0 Å². The van der Waals surface area contributed by atoms with E-state index >= 15 is 0 Å². The molecule has 3 N–H and O–H groups in total. The number of aromatic hydroxyl groups is 1. The maximum Gasteiger partial charge on any atom is 0.115 e. The number of hydrogen-bond donors (Lipinski definition) is 2. The minimum atomic E-state index is 0.225. The van der Waals surface area contributed by atoms with E-state index < -0.39 is 0 Å². The fourth-order valence-electron chi connectivity index (χ4n) is 2.97. The van der Waals surface area contributed by atoms with Gasteiger partial charge in [0.25, 0.3) is 0 Å². The summed E-state index contributed by atoms with van der Waals surface area (Å²) in [6.45, 7) is 4.70. The van der Waals surface area contributed by atoms with Gasteiger partial charge in [-0.05, 0) is 61.1 Å². The maximum atomic E-state index is 9.46. The molecule has 0 heterocycles. The van der Waals surface area contributed by atoms with Crippen LogP contribution in [0, 0.1) is 11.3 Å². The second kappa shape index (κ2) is 5.31. The predicted molar refractivity (Wildman–Crippen MR) is 75.5 cm³/mol. The average molecular weight is 247 g/mol. The lowest BCUT2D eigenvalue weighted by Crippen LogP contribution is -2.36. The first kappa shape index (κ1) is 13.4. The van der Waals surface area contributed by atoms with Crippen LogP contribution in [-0.2, 0) is 6.42 Å².